The molecule has 1 aromatic heterocycles. The fourth-order valence-corrected chi connectivity index (χ4v) is 2.05. The number of phenols is 2. The Balaban J connectivity index is 2.37. The molecule has 94 valence electrons. The van der Waals surface area contributed by atoms with Gasteiger partial charge in [0.15, 0.2) is 11.3 Å². The van der Waals surface area contributed by atoms with Crippen LogP contribution in [0.4, 0.5) is 0 Å². The summed E-state index contributed by atoms with van der Waals surface area (Å²) in [6.45, 7) is 0. The molecule has 0 saturated carbocycles. The summed E-state index contributed by atoms with van der Waals surface area (Å²) >= 11 is 0. The summed E-state index contributed by atoms with van der Waals surface area (Å²) in [6.07, 6.45) is 0. The van der Waals surface area contributed by atoms with Crippen LogP contribution in [0.3, 0.4) is 0 Å². The van der Waals surface area contributed by atoms with Crippen LogP contribution in [0, 0.1) is 0 Å². The van der Waals surface area contributed by atoms with Gasteiger partial charge in [0.05, 0.1) is 0 Å². The summed E-state index contributed by atoms with van der Waals surface area (Å²) in [5.74, 6) is 0.0779. The maximum atomic E-state index is 11.6. The molecule has 0 radical (unpaired) electrons. The molecule has 0 amide bonds. The Kier molecular flexibility index (Phi) is 2.49. The van der Waals surface area contributed by atoms with Crippen LogP contribution in [0.5, 0.6) is 11.5 Å². The first-order chi connectivity index (χ1) is 9.15. The highest BCUT2D eigenvalue weighted by Gasteiger charge is 2.10. The fourth-order valence-electron chi connectivity index (χ4n) is 2.05. The van der Waals surface area contributed by atoms with Crippen LogP contribution in [0.25, 0.3) is 22.1 Å². The average molecular weight is 254 g/mol. The van der Waals surface area contributed by atoms with Crippen molar-refractivity contribution in [2.24, 2.45) is 0 Å². The molecule has 2 N–H and O–H groups in total. The molecule has 1 heterocycles. The second-order valence-corrected chi connectivity index (χ2v) is 4.18. The number of fused-ring (bicyclic) bond motifs is 1. The van der Waals surface area contributed by atoms with E-state index in [2.05, 4.69) is 0 Å². The van der Waals surface area contributed by atoms with Crippen molar-refractivity contribution in [1.29, 1.82) is 0 Å². The van der Waals surface area contributed by atoms with Gasteiger partial charge < -0.3 is 14.6 Å². The van der Waals surface area contributed by atoms with Crippen LogP contribution < -0.4 is 5.63 Å². The van der Waals surface area contributed by atoms with Gasteiger partial charge in [-0.15, -0.1) is 0 Å². The molecule has 0 aliphatic rings. The molecule has 4 nitrogen and oxygen atoms in total. The van der Waals surface area contributed by atoms with E-state index in [0.29, 0.717) is 10.9 Å². The smallest absolute Gasteiger partial charge is 0.336 e. The molecule has 0 aliphatic carbocycles. The van der Waals surface area contributed by atoms with E-state index in [1.54, 1.807) is 36.4 Å². The molecule has 0 fully saturated rings. The number of hydrogen-bond donors (Lipinski definition) is 2. The van der Waals surface area contributed by atoms with Gasteiger partial charge in [0.1, 0.15) is 5.75 Å². The molecule has 3 rings (SSSR count). The molecule has 0 bridgehead atoms. The van der Waals surface area contributed by atoms with Gasteiger partial charge >= 0.3 is 5.63 Å². The van der Waals surface area contributed by atoms with Crippen molar-refractivity contribution >= 4 is 11.0 Å². The lowest BCUT2D eigenvalue weighted by atomic mass is 10.0. The Morgan fingerprint density at radius 3 is 2.42 bits per heavy atom. The minimum Gasteiger partial charge on any atom is -0.508 e. The number of para-hydroxylation sites is 1. The van der Waals surface area contributed by atoms with Crippen molar-refractivity contribution in [3.63, 3.8) is 0 Å². The van der Waals surface area contributed by atoms with E-state index in [1.807, 2.05) is 0 Å². The second kappa shape index (κ2) is 4.17. The zero-order valence-electron chi connectivity index (χ0n) is 9.83. The highest BCUT2D eigenvalue weighted by atomic mass is 16.4. The standard InChI is InChI=1S/C15H10O4/c16-10-6-4-9(5-7-10)12-8-14(18)19-15-11(12)2-1-3-13(15)17/h1-8,16-17H. The Morgan fingerprint density at radius 2 is 1.68 bits per heavy atom. The summed E-state index contributed by atoms with van der Waals surface area (Å²) in [5.41, 5.74) is 1.05. The minimum atomic E-state index is -0.530. The Labute approximate surface area is 108 Å². The number of aromatic hydroxyl groups is 2. The van der Waals surface area contributed by atoms with Gasteiger partial charge in [-0.2, -0.15) is 0 Å². The van der Waals surface area contributed by atoms with Crippen molar-refractivity contribution < 1.29 is 14.6 Å². The van der Waals surface area contributed by atoms with E-state index >= 15 is 0 Å². The van der Waals surface area contributed by atoms with Gasteiger partial charge in [-0.05, 0) is 29.3 Å². The first-order valence-corrected chi connectivity index (χ1v) is 5.70. The lowest BCUT2D eigenvalue weighted by Gasteiger charge is -2.06. The van der Waals surface area contributed by atoms with Gasteiger partial charge in [0.2, 0.25) is 0 Å². The largest absolute Gasteiger partial charge is 0.508 e. The Bertz CT molecular complexity index is 800. The summed E-state index contributed by atoms with van der Waals surface area (Å²) < 4.78 is 5.02. The molecular formula is C15H10O4. The minimum absolute atomic E-state index is 0.0739. The van der Waals surface area contributed by atoms with Gasteiger partial charge in [-0.25, -0.2) is 4.79 Å². The zero-order chi connectivity index (χ0) is 13.4. The Morgan fingerprint density at radius 1 is 0.947 bits per heavy atom. The molecule has 0 spiro atoms. The summed E-state index contributed by atoms with van der Waals surface area (Å²) in [5, 5.41) is 19.7. The van der Waals surface area contributed by atoms with Gasteiger partial charge in [-0.3, -0.25) is 0 Å². The summed E-state index contributed by atoms with van der Waals surface area (Å²) in [4.78, 5) is 11.6. The van der Waals surface area contributed by atoms with E-state index in [-0.39, 0.29) is 17.1 Å². The van der Waals surface area contributed by atoms with Crippen LogP contribution in [0.15, 0.2) is 57.7 Å². The van der Waals surface area contributed by atoms with Crippen LogP contribution in [0.1, 0.15) is 0 Å². The quantitative estimate of drug-likeness (QED) is 0.655. The molecular weight excluding hydrogens is 244 g/mol. The number of phenolic OH excluding ortho intramolecular Hbond substituents is 2. The van der Waals surface area contributed by atoms with Crippen LogP contribution in [-0.4, -0.2) is 10.2 Å². The first kappa shape index (κ1) is 11.3. The predicted molar refractivity (Wildman–Crippen MR) is 71.2 cm³/mol. The normalized spacial score (nSPS) is 10.7. The van der Waals surface area contributed by atoms with Crippen molar-refractivity contribution in [3.05, 3.63) is 59.0 Å². The third kappa shape index (κ3) is 1.93. The van der Waals surface area contributed by atoms with E-state index in [1.165, 1.54) is 12.1 Å². The summed E-state index contributed by atoms with van der Waals surface area (Å²) in [7, 11) is 0. The van der Waals surface area contributed by atoms with E-state index in [4.69, 9.17) is 4.42 Å². The molecule has 0 unspecified atom stereocenters. The zero-order valence-corrected chi connectivity index (χ0v) is 9.83. The molecule has 0 atom stereocenters. The Hall–Kier alpha value is -2.75. The molecule has 3 aromatic rings. The first-order valence-electron chi connectivity index (χ1n) is 5.70. The molecule has 4 heteroatoms. The molecule has 19 heavy (non-hydrogen) atoms. The number of hydrogen-bond acceptors (Lipinski definition) is 4. The van der Waals surface area contributed by atoms with Gasteiger partial charge in [0, 0.05) is 11.5 Å². The molecule has 2 aromatic carbocycles. The maximum absolute atomic E-state index is 11.6. The highest BCUT2D eigenvalue weighted by Crippen LogP contribution is 2.32. The van der Waals surface area contributed by atoms with E-state index < -0.39 is 5.63 Å². The second-order valence-electron chi connectivity index (χ2n) is 4.18. The fraction of sp³-hybridized carbons (Fsp3) is 0. The SMILES string of the molecule is O=c1cc(-c2ccc(O)cc2)c2cccc(O)c2o1. The van der Waals surface area contributed by atoms with Crippen LogP contribution >= 0.6 is 0 Å². The van der Waals surface area contributed by atoms with Gasteiger partial charge in [0.25, 0.3) is 0 Å². The average Bonchev–Trinajstić information content (AvgIpc) is 2.40. The lowest BCUT2D eigenvalue weighted by molar-refractivity contribution is 0.457. The van der Waals surface area contributed by atoms with Gasteiger partial charge in [-0.1, -0.05) is 24.3 Å². The molecule has 0 saturated heterocycles. The van der Waals surface area contributed by atoms with Crippen molar-refractivity contribution in [2.45, 2.75) is 0 Å². The van der Waals surface area contributed by atoms with Crippen molar-refractivity contribution in [3.8, 4) is 22.6 Å². The topological polar surface area (TPSA) is 70.7 Å². The van der Waals surface area contributed by atoms with Crippen molar-refractivity contribution in [2.75, 3.05) is 0 Å². The maximum Gasteiger partial charge on any atom is 0.336 e. The monoisotopic (exact) mass is 254 g/mol. The number of rotatable bonds is 1. The van der Waals surface area contributed by atoms with Crippen molar-refractivity contribution in [1.82, 2.24) is 0 Å². The highest BCUT2D eigenvalue weighted by molar-refractivity contribution is 5.95. The molecule has 0 aliphatic heterocycles. The summed E-state index contributed by atoms with van der Waals surface area (Å²) in [6, 6.07) is 12.8. The lowest BCUT2D eigenvalue weighted by Crippen LogP contribution is -1.98. The third-order valence-corrected chi connectivity index (χ3v) is 2.93. The van der Waals surface area contributed by atoms with E-state index in [9.17, 15) is 15.0 Å². The number of benzene rings is 2. The van der Waals surface area contributed by atoms with Crippen LogP contribution in [0.2, 0.25) is 0 Å². The van der Waals surface area contributed by atoms with Crippen LogP contribution in [-0.2, 0) is 0 Å². The van der Waals surface area contributed by atoms with E-state index in [0.717, 1.165) is 5.56 Å². The third-order valence-electron chi connectivity index (χ3n) is 2.93. The predicted octanol–water partition coefficient (Wildman–Crippen LogP) is 2.87.